The lowest BCUT2D eigenvalue weighted by Gasteiger charge is -2.23. The highest BCUT2D eigenvalue weighted by Crippen LogP contribution is 2.31. The van der Waals surface area contributed by atoms with Crippen molar-refractivity contribution in [1.29, 1.82) is 0 Å². The monoisotopic (exact) mass is 472 g/mol. The van der Waals surface area contributed by atoms with Crippen molar-refractivity contribution in [2.45, 2.75) is 30.2 Å². The maximum atomic E-state index is 13.4. The van der Waals surface area contributed by atoms with Gasteiger partial charge in [-0.2, -0.15) is 0 Å². The van der Waals surface area contributed by atoms with Crippen LogP contribution in [0.15, 0.2) is 52.4 Å². The summed E-state index contributed by atoms with van der Waals surface area (Å²) in [5.41, 5.74) is 2.04. The van der Waals surface area contributed by atoms with Crippen molar-refractivity contribution in [3.05, 3.63) is 80.3 Å². The number of nitrogens with one attached hydrogen (secondary N) is 3. The summed E-state index contributed by atoms with van der Waals surface area (Å²) in [6.07, 6.45) is -0.214. The minimum absolute atomic E-state index is 0.0644. The molecule has 0 saturated heterocycles. The Kier molecular flexibility index (Phi) is 6.29. The predicted octanol–water partition coefficient (Wildman–Crippen LogP) is 4.23. The Morgan fingerprint density at radius 1 is 1.28 bits per heavy atom. The largest absolute Gasteiger partial charge is 0.325 e. The van der Waals surface area contributed by atoms with Crippen LogP contribution in [0.3, 0.4) is 0 Å². The molecule has 1 atom stereocenters. The molecule has 2 heterocycles. The number of aromatic nitrogens is 2. The third kappa shape index (κ3) is 4.68. The molecule has 2 aromatic carbocycles. The number of aromatic amines is 1. The van der Waals surface area contributed by atoms with Crippen LogP contribution in [0.4, 0.5) is 15.9 Å². The Balaban J connectivity index is 1.58. The summed E-state index contributed by atoms with van der Waals surface area (Å²) in [4.78, 5) is 44.9. The van der Waals surface area contributed by atoms with Crippen LogP contribution in [0, 0.1) is 12.7 Å². The van der Waals surface area contributed by atoms with Gasteiger partial charge in [0.05, 0.1) is 16.5 Å². The molecule has 0 spiro atoms. The highest BCUT2D eigenvalue weighted by molar-refractivity contribution is 7.98. The topological polar surface area (TPSA) is 104 Å². The number of amides is 2. The first-order valence-electron chi connectivity index (χ1n) is 9.69. The number of carbonyl (C=O) groups excluding carboxylic acids is 2. The number of rotatable bonds is 5. The Bertz CT molecular complexity index is 1280. The molecular weight excluding hydrogens is 455 g/mol. The van der Waals surface area contributed by atoms with Crippen molar-refractivity contribution in [1.82, 2.24) is 9.97 Å². The lowest BCUT2D eigenvalue weighted by Crippen LogP contribution is -2.36. The molecule has 0 bridgehead atoms. The molecule has 4 rings (SSSR count). The van der Waals surface area contributed by atoms with Crippen LogP contribution >= 0.6 is 23.4 Å². The fraction of sp³-hybridized carbons (Fsp3) is 0.182. The van der Waals surface area contributed by atoms with E-state index in [0.29, 0.717) is 10.9 Å². The standard InChI is InChI=1S/C22H18ClFN4O3S/c1-11-4-2-3-5-12(11)10-32-22-27-19-18(21(31)28-22)14(9-17(29)26-19)20(30)25-13-6-7-16(24)15(23)8-13/h2-8,14H,9-10H2,1H3,(H,25,30)(H2,26,27,28,29,31). The molecule has 10 heteroatoms. The summed E-state index contributed by atoms with van der Waals surface area (Å²) >= 11 is 7.08. The fourth-order valence-corrected chi connectivity index (χ4v) is 4.48. The maximum absolute atomic E-state index is 13.4. The van der Waals surface area contributed by atoms with Crippen molar-refractivity contribution >= 4 is 46.7 Å². The Labute approximate surface area is 191 Å². The van der Waals surface area contributed by atoms with Gasteiger partial charge in [-0.15, -0.1) is 0 Å². The third-order valence-electron chi connectivity index (χ3n) is 5.06. The second kappa shape index (κ2) is 9.13. The van der Waals surface area contributed by atoms with E-state index >= 15 is 0 Å². The molecule has 1 aliphatic rings. The van der Waals surface area contributed by atoms with Gasteiger partial charge in [0.15, 0.2) is 5.16 Å². The molecule has 1 unspecified atom stereocenters. The van der Waals surface area contributed by atoms with E-state index in [-0.39, 0.29) is 28.5 Å². The first-order valence-corrected chi connectivity index (χ1v) is 11.1. The average Bonchev–Trinajstić information content (AvgIpc) is 2.75. The van der Waals surface area contributed by atoms with E-state index in [1.807, 2.05) is 31.2 Å². The van der Waals surface area contributed by atoms with Crippen LogP contribution in [0.5, 0.6) is 0 Å². The molecule has 0 fully saturated rings. The zero-order valence-corrected chi connectivity index (χ0v) is 18.4. The summed E-state index contributed by atoms with van der Waals surface area (Å²) in [6.45, 7) is 2.00. The summed E-state index contributed by atoms with van der Waals surface area (Å²) in [6, 6.07) is 11.6. The van der Waals surface area contributed by atoms with E-state index in [9.17, 15) is 18.8 Å². The highest BCUT2D eigenvalue weighted by Gasteiger charge is 2.34. The van der Waals surface area contributed by atoms with E-state index in [4.69, 9.17) is 11.6 Å². The Morgan fingerprint density at radius 2 is 2.06 bits per heavy atom. The average molecular weight is 473 g/mol. The van der Waals surface area contributed by atoms with Crippen LogP contribution in [-0.4, -0.2) is 21.8 Å². The number of hydrogen-bond acceptors (Lipinski definition) is 5. The zero-order chi connectivity index (χ0) is 22.8. The molecule has 1 aromatic heterocycles. The van der Waals surface area contributed by atoms with Crippen molar-refractivity contribution in [2.75, 3.05) is 10.6 Å². The zero-order valence-electron chi connectivity index (χ0n) is 16.9. The maximum Gasteiger partial charge on any atom is 0.257 e. The first kappa shape index (κ1) is 22.0. The van der Waals surface area contributed by atoms with Crippen LogP contribution < -0.4 is 16.2 Å². The van der Waals surface area contributed by atoms with Crippen molar-refractivity contribution in [3.63, 3.8) is 0 Å². The van der Waals surface area contributed by atoms with Crippen LogP contribution in [-0.2, 0) is 15.3 Å². The van der Waals surface area contributed by atoms with E-state index in [0.717, 1.165) is 17.2 Å². The number of thioether (sulfide) groups is 1. The summed E-state index contributed by atoms with van der Waals surface area (Å²) < 4.78 is 13.4. The Morgan fingerprint density at radius 3 is 2.81 bits per heavy atom. The van der Waals surface area contributed by atoms with Gasteiger partial charge >= 0.3 is 0 Å². The van der Waals surface area contributed by atoms with Crippen LogP contribution in [0.1, 0.15) is 29.0 Å². The van der Waals surface area contributed by atoms with Crippen molar-refractivity contribution < 1.29 is 14.0 Å². The van der Waals surface area contributed by atoms with Gasteiger partial charge in [-0.1, -0.05) is 47.6 Å². The molecule has 0 aliphatic carbocycles. The second-order valence-electron chi connectivity index (χ2n) is 7.27. The van der Waals surface area contributed by atoms with Crippen molar-refractivity contribution in [2.24, 2.45) is 0 Å². The molecule has 1 aliphatic heterocycles. The number of nitrogens with zero attached hydrogens (tertiary/aromatic N) is 1. The number of carbonyl (C=O) groups is 2. The summed E-state index contributed by atoms with van der Waals surface area (Å²) in [5.74, 6) is -2.04. The summed E-state index contributed by atoms with van der Waals surface area (Å²) in [5, 5.41) is 5.35. The smallest absolute Gasteiger partial charge is 0.257 e. The number of benzene rings is 2. The number of fused-ring (bicyclic) bond motifs is 1. The van der Waals surface area contributed by atoms with Gasteiger partial charge in [-0.05, 0) is 36.2 Å². The van der Waals surface area contributed by atoms with Crippen LogP contribution in [0.25, 0.3) is 0 Å². The minimum Gasteiger partial charge on any atom is -0.325 e. The second-order valence-corrected chi connectivity index (χ2v) is 8.64. The first-order chi connectivity index (χ1) is 15.3. The quantitative estimate of drug-likeness (QED) is 0.381. The lowest BCUT2D eigenvalue weighted by atomic mass is 9.92. The van der Waals surface area contributed by atoms with Gasteiger partial charge < -0.3 is 15.6 Å². The van der Waals surface area contributed by atoms with Gasteiger partial charge in [0.2, 0.25) is 11.8 Å². The molecule has 0 radical (unpaired) electrons. The number of halogens is 2. The molecule has 3 aromatic rings. The highest BCUT2D eigenvalue weighted by atomic mass is 35.5. The van der Waals surface area contributed by atoms with Gasteiger partial charge in [0, 0.05) is 17.9 Å². The minimum atomic E-state index is -1.05. The number of hydrogen-bond donors (Lipinski definition) is 3. The van der Waals surface area contributed by atoms with Gasteiger partial charge in [-0.25, -0.2) is 9.37 Å². The SMILES string of the molecule is Cc1ccccc1CSc1nc2c(c(=O)[nH]1)C(C(=O)Nc1ccc(F)c(Cl)c1)CC(=O)N2. The van der Waals surface area contributed by atoms with E-state index in [2.05, 4.69) is 20.6 Å². The number of H-pyrrole nitrogens is 1. The van der Waals surface area contributed by atoms with E-state index in [1.165, 1.54) is 23.9 Å². The van der Waals surface area contributed by atoms with E-state index < -0.39 is 29.1 Å². The molecule has 0 saturated carbocycles. The molecule has 164 valence electrons. The molecule has 7 nitrogen and oxygen atoms in total. The molecule has 3 N–H and O–H groups in total. The number of anilines is 2. The lowest BCUT2D eigenvalue weighted by molar-refractivity contribution is -0.123. The van der Waals surface area contributed by atoms with Crippen molar-refractivity contribution in [3.8, 4) is 0 Å². The normalized spacial score (nSPS) is 15.1. The molecule has 32 heavy (non-hydrogen) atoms. The Hall–Kier alpha value is -3.17. The third-order valence-corrected chi connectivity index (χ3v) is 6.27. The molecular formula is C22H18ClFN4O3S. The van der Waals surface area contributed by atoms with Gasteiger partial charge in [0.1, 0.15) is 11.6 Å². The van der Waals surface area contributed by atoms with Gasteiger partial charge in [0.25, 0.3) is 5.56 Å². The summed E-state index contributed by atoms with van der Waals surface area (Å²) in [7, 11) is 0. The van der Waals surface area contributed by atoms with E-state index in [1.54, 1.807) is 0 Å². The van der Waals surface area contributed by atoms with Gasteiger partial charge in [-0.3, -0.25) is 14.4 Å². The predicted molar refractivity (Wildman–Crippen MR) is 122 cm³/mol. The fourth-order valence-electron chi connectivity index (χ4n) is 3.36. The molecule has 2 amide bonds. The van der Waals surface area contributed by atoms with Crippen LogP contribution in [0.2, 0.25) is 5.02 Å². The number of aryl methyl sites for hydroxylation is 1.